The molecule has 0 fully saturated rings. The highest BCUT2D eigenvalue weighted by molar-refractivity contribution is 5.97. The van der Waals surface area contributed by atoms with Gasteiger partial charge in [0, 0.05) is 6.07 Å². The zero-order valence-electron chi connectivity index (χ0n) is 14.3. The average molecular weight is 354 g/mol. The summed E-state index contributed by atoms with van der Waals surface area (Å²) in [5.74, 6) is -0.411. The molecular formula is C19H16F2N4O. The number of rotatable bonds is 6. The molecule has 0 amide bonds. The van der Waals surface area contributed by atoms with Gasteiger partial charge in [0.2, 0.25) is 0 Å². The number of hydrogen-bond acceptors (Lipinski definition) is 4. The third-order valence-electron chi connectivity index (χ3n) is 3.51. The van der Waals surface area contributed by atoms with Crippen molar-refractivity contribution in [3.8, 4) is 11.9 Å². The van der Waals surface area contributed by atoms with Crippen molar-refractivity contribution in [2.75, 3.05) is 0 Å². The predicted molar refractivity (Wildman–Crippen MR) is 94.0 cm³/mol. The summed E-state index contributed by atoms with van der Waals surface area (Å²) < 4.78 is 27.6. The summed E-state index contributed by atoms with van der Waals surface area (Å²) >= 11 is 0. The quantitative estimate of drug-likeness (QED) is 0.568. The van der Waals surface area contributed by atoms with Crippen LogP contribution in [-0.2, 0) is 0 Å². The lowest BCUT2D eigenvalue weighted by Crippen LogP contribution is -2.12. The average Bonchev–Trinajstić information content (AvgIpc) is 3.06. The Balaban J connectivity index is 2.76. The van der Waals surface area contributed by atoms with Crippen molar-refractivity contribution in [1.29, 1.82) is 5.26 Å². The molecule has 5 nitrogen and oxygen atoms in total. The maximum Gasteiger partial charge on any atom is 0.280 e. The van der Waals surface area contributed by atoms with E-state index in [-0.39, 0.29) is 22.9 Å². The van der Waals surface area contributed by atoms with Gasteiger partial charge in [-0.15, -0.1) is 0 Å². The highest BCUT2D eigenvalue weighted by atomic mass is 19.3. The molecule has 2 heterocycles. The molecule has 0 bridgehead atoms. The number of alkyl halides is 2. The van der Waals surface area contributed by atoms with E-state index in [1.165, 1.54) is 13.0 Å². The minimum absolute atomic E-state index is 0.0555. The van der Waals surface area contributed by atoms with Crippen LogP contribution in [0.3, 0.4) is 0 Å². The van der Waals surface area contributed by atoms with Gasteiger partial charge in [-0.2, -0.15) is 10.4 Å². The molecule has 0 unspecified atom stereocenters. The van der Waals surface area contributed by atoms with Crippen LogP contribution in [0.2, 0.25) is 0 Å². The van der Waals surface area contributed by atoms with Gasteiger partial charge in [-0.25, -0.2) is 18.4 Å². The molecule has 2 aromatic rings. The zero-order valence-corrected chi connectivity index (χ0v) is 14.3. The van der Waals surface area contributed by atoms with Crippen LogP contribution in [0.25, 0.3) is 11.4 Å². The van der Waals surface area contributed by atoms with E-state index < -0.39 is 12.1 Å². The fraction of sp³-hybridized carbons (Fsp3) is 0.158. The smallest absolute Gasteiger partial charge is 0.280 e. The van der Waals surface area contributed by atoms with E-state index in [2.05, 4.69) is 16.7 Å². The van der Waals surface area contributed by atoms with Crippen molar-refractivity contribution in [2.45, 2.75) is 20.3 Å². The molecule has 0 aliphatic rings. The first kappa shape index (κ1) is 18.9. The minimum Gasteiger partial charge on any atom is -0.294 e. The Hall–Kier alpha value is -3.40. The Bertz CT molecular complexity index is 949. The van der Waals surface area contributed by atoms with E-state index in [4.69, 9.17) is 5.26 Å². The maximum absolute atomic E-state index is 13.4. The van der Waals surface area contributed by atoms with Crippen molar-refractivity contribution in [1.82, 2.24) is 14.8 Å². The molecule has 0 aromatic carbocycles. The Kier molecular flexibility index (Phi) is 5.91. The van der Waals surface area contributed by atoms with Crippen molar-refractivity contribution >= 4 is 11.4 Å². The largest absolute Gasteiger partial charge is 0.294 e. The molecule has 7 heteroatoms. The molecule has 0 aliphatic carbocycles. The summed E-state index contributed by atoms with van der Waals surface area (Å²) in [6.07, 6.45) is 4.04. The van der Waals surface area contributed by atoms with Gasteiger partial charge >= 0.3 is 0 Å². The lowest BCUT2D eigenvalue weighted by molar-refractivity contribution is 0.101. The van der Waals surface area contributed by atoms with Gasteiger partial charge in [-0.3, -0.25) is 4.79 Å². The van der Waals surface area contributed by atoms with Crippen molar-refractivity contribution in [2.24, 2.45) is 0 Å². The van der Waals surface area contributed by atoms with Crippen LogP contribution < -0.4 is 0 Å². The van der Waals surface area contributed by atoms with E-state index in [0.717, 1.165) is 10.7 Å². The number of hydrogen-bond donors (Lipinski definition) is 0. The summed E-state index contributed by atoms with van der Waals surface area (Å²) in [6.45, 7) is 6.87. The molecular weight excluding hydrogens is 338 g/mol. The number of carbonyl (C=O) groups excluding carboxylic acids is 1. The fourth-order valence-corrected chi connectivity index (χ4v) is 2.28. The molecule has 2 aromatic heterocycles. The SMILES string of the molecule is C=C/C(=C/C=C\C)c1ccc(C(C)=O)c(-n2nc(C#N)cc2C(F)F)n1. The van der Waals surface area contributed by atoms with Crippen LogP contribution >= 0.6 is 0 Å². The molecule has 0 aliphatic heterocycles. The number of ketones is 1. The van der Waals surface area contributed by atoms with Crippen LogP contribution in [0.1, 0.15) is 47.7 Å². The van der Waals surface area contributed by atoms with Crippen molar-refractivity contribution < 1.29 is 13.6 Å². The minimum atomic E-state index is -2.88. The Morgan fingerprint density at radius 3 is 2.69 bits per heavy atom. The van der Waals surface area contributed by atoms with Crippen molar-refractivity contribution in [3.63, 3.8) is 0 Å². The number of nitriles is 1. The lowest BCUT2D eigenvalue weighted by atomic mass is 10.1. The Labute approximate surface area is 149 Å². The topological polar surface area (TPSA) is 71.6 Å². The van der Waals surface area contributed by atoms with Gasteiger partial charge in [-0.1, -0.05) is 30.9 Å². The number of Topliss-reactive ketones (excluding diaryl/α,β-unsaturated/α-hetero) is 1. The highest BCUT2D eigenvalue weighted by Gasteiger charge is 2.22. The van der Waals surface area contributed by atoms with Crippen LogP contribution in [0.5, 0.6) is 0 Å². The third kappa shape index (κ3) is 3.81. The van der Waals surface area contributed by atoms with Crippen LogP contribution in [0, 0.1) is 11.3 Å². The van der Waals surface area contributed by atoms with E-state index >= 15 is 0 Å². The first-order valence-corrected chi connectivity index (χ1v) is 7.69. The standard InChI is InChI=1S/C19H16F2N4O/c1-4-6-7-13(5-2)16-9-8-15(12(3)26)19(23-16)25-17(18(20)21)10-14(11-22)24-25/h4-10,18H,2H2,1,3H3/b6-4-,13-7-. The monoisotopic (exact) mass is 354 g/mol. The molecule has 0 saturated carbocycles. The molecule has 132 valence electrons. The molecule has 0 radical (unpaired) electrons. The van der Waals surface area contributed by atoms with Gasteiger partial charge in [-0.05, 0) is 31.6 Å². The molecule has 0 atom stereocenters. The van der Waals surface area contributed by atoms with E-state index in [0.29, 0.717) is 11.3 Å². The number of halogens is 2. The summed E-state index contributed by atoms with van der Waals surface area (Å²) in [6, 6.07) is 5.80. The number of carbonyl (C=O) groups is 1. The molecule has 0 spiro atoms. The number of aromatic nitrogens is 3. The molecule has 0 saturated heterocycles. The van der Waals surface area contributed by atoms with Gasteiger partial charge in [0.15, 0.2) is 17.3 Å². The second kappa shape index (κ2) is 8.12. The summed E-state index contributed by atoms with van der Waals surface area (Å²) in [7, 11) is 0. The van der Waals surface area contributed by atoms with Gasteiger partial charge in [0.25, 0.3) is 6.43 Å². The van der Waals surface area contributed by atoms with Crippen LogP contribution in [0.4, 0.5) is 8.78 Å². The molecule has 26 heavy (non-hydrogen) atoms. The molecule has 0 N–H and O–H groups in total. The second-order valence-electron chi connectivity index (χ2n) is 5.25. The second-order valence-corrected chi connectivity index (χ2v) is 5.25. The number of nitrogens with zero attached hydrogens (tertiary/aromatic N) is 4. The highest BCUT2D eigenvalue weighted by Crippen LogP contribution is 2.26. The zero-order chi connectivity index (χ0) is 19.3. The normalized spacial score (nSPS) is 11.8. The first-order valence-electron chi connectivity index (χ1n) is 7.69. The summed E-state index contributed by atoms with van der Waals surface area (Å²) in [4.78, 5) is 16.3. The number of pyridine rings is 1. The van der Waals surface area contributed by atoms with E-state index in [9.17, 15) is 13.6 Å². The number of allylic oxidation sites excluding steroid dienone is 5. The van der Waals surface area contributed by atoms with Crippen molar-refractivity contribution in [3.05, 3.63) is 71.7 Å². The predicted octanol–water partition coefficient (Wildman–Crippen LogP) is 4.42. The van der Waals surface area contributed by atoms with Crippen LogP contribution in [0.15, 0.2) is 49.1 Å². The maximum atomic E-state index is 13.4. The first-order chi connectivity index (χ1) is 12.4. The van der Waals surface area contributed by atoms with E-state index in [1.807, 2.05) is 13.0 Å². The summed E-state index contributed by atoms with van der Waals surface area (Å²) in [5, 5.41) is 12.8. The van der Waals surface area contributed by atoms with Gasteiger partial charge < -0.3 is 0 Å². The third-order valence-corrected chi connectivity index (χ3v) is 3.51. The summed E-state index contributed by atoms with van der Waals surface area (Å²) in [5.41, 5.74) is 0.511. The van der Waals surface area contributed by atoms with Crippen LogP contribution in [-0.4, -0.2) is 20.5 Å². The lowest BCUT2D eigenvalue weighted by Gasteiger charge is -2.12. The Morgan fingerprint density at radius 2 is 2.15 bits per heavy atom. The molecule has 2 rings (SSSR count). The van der Waals surface area contributed by atoms with Gasteiger partial charge in [0.05, 0.1) is 11.3 Å². The van der Waals surface area contributed by atoms with E-state index in [1.54, 1.807) is 30.4 Å². The Morgan fingerprint density at radius 1 is 1.42 bits per heavy atom. The van der Waals surface area contributed by atoms with Gasteiger partial charge in [0.1, 0.15) is 11.8 Å². The fourth-order valence-electron chi connectivity index (χ4n) is 2.28.